The molecule has 5 nitrogen and oxygen atoms in total. The number of ether oxygens (including phenoxy) is 1. The van der Waals surface area contributed by atoms with Gasteiger partial charge in [0.15, 0.2) is 0 Å². The molecule has 0 aliphatic rings. The SMILES string of the molecule is COCC(C)(C)NS(=O)(=O)CCCCNC(C)C. The van der Waals surface area contributed by atoms with Gasteiger partial charge in [-0.15, -0.1) is 0 Å². The molecule has 0 bridgehead atoms. The van der Waals surface area contributed by atoms with Gasteiger partial charge in [0.1, 0.15) is 0 Å². The summed E-state index contributed by atoms with van der Waals surface area (Å²) in [5.41, 5.74) is -0.552. The molecule has 0 rings (SSSR count). The van der Waals surface area contributed by atoms with E-state index in [1.807, 2.05) is 13.8 Å². The molecule has 0 aromatic rings. The minimum Gasteiger partial charge on any atom is -0.383 e. The Morgan fingerprint density at radius 1 is 1.22 bits per heavy atom. The molecule has 18 heavy (non-hydrogen) atoms. The van der Waals surface area contributed by atoms with Crippen LogP contribution in [0.2, 0.25) is 0 Å². The van der Waals surface area contributed by atoms with Crippen LogP contribution in [0.1, 0.15) is 40.5 Å². The number of methoxy groups -OCH3 is 1. The van der Waals surface area contributed by atoms with Gasteiger partial charge in [-0.1, -0.05) is 13.8 Å². The van der Waals surface area contributed by atoms with Gasteiger partial charge in [-0.05, 0) is 33.2 Å². The molecule has 0 heterocycles. The first kappa shape index (κ1) is 17.8. The van der Waals surface area contributed by atoms with Gasteiger partial charge in [-0.2, -0.15) is 0 Å². The largest absolute Gasteiger partial charge is 0.383 e. The second kappa shape index (κ2) is 8.09. The first-order chi connectivity index (χ1) is 8.18. The summed E-state index contributed by atoms with van der Waals surface area (Å²) in [4.78, 5) is 0. The Morgan fingerprint density at radius 3 is 2.33 bits per heavy atom. The molecule has 0 unspecified atom stereocenters. The van der Waals surface area contributed by atoms with Crippen molar-refractivity contribution in [3.8, 4) is 0 Å². The van der Waals surface area contributed by atoms with Gasteiger partial charge in [0, 0.05) is 13.2 Å². The van der Waals surface area contributed by atoms with E-state index in [1.54, 1.807) is 7.11 Å². The van der Waals surface area contributed by atoms with E-state index in [0.29, 0.717) is 19.1 Å². The normalized spacial score (nSPS) is 13.2. The van der Waals surface area contributed by atoms with Crippen molar-refractivity contribution in [3.05, 3.63) is 0 Å². The van der Waals surface area contributed by atoms with Crippen molar-refractivity contribution < 1.29 is 13.2 Å². The first-order valence-electron chi connectivity index (χ1n) is 6.42. The molecule has 0 radical (unpaired) electrons. The zero-order chi connectivity index (χ0) is 14.2. The third-order valence-electron chi connectivity index (χ3n) is 2.33. The highest BCUT2D eigenvalue weighted by molar-refractivity contribution is 7.89. The van der Waals surface area contributed by atoms with E-state index in [0.717, 1.165) is 13.0 Å². The Morgan fingerprint density at radius 2 is 1.83 bits per heavy atom. The summed E-state index contributed by atoms with van der Waals surface area (Å²) in [5, 5.41) is 3.27. The van der Waals surface area contributed by atoms with E-state index in [-0.39, 0.29) is 5.75 Å². The Kier molecular flexibility index (Phi) is 8.02. The molecular weight excluding hydrogens is 252 g/mol. The molecule has 0 fully saturated rings. The van der Waals surface area contributed by atoms with Gasteiger partial charge < -0.3 is 10.1 Å². The van der Waals surface area contributed by atoms with E-state index >= 15 is 0 Å². The Balaban J connectivity index is 3.94. The fourth-order valence-electron chi connectivity index (χ4n) is 1.67. The predicted octanol–water partition coefficient (Wildman–Crippen LogP) is 1.11. The quantitative estimate of drug-likeness (QED) is 0.588. The third kappa shape index (κ3) is 9.82. The molecule has 0 aromatic carbocycles. The van der Waals surface area contributed by atoms with Gasteiger partial charge in [-0.3, -0.25) is 0 Å². The minimum absolute atomic E-state index is 0.167. The van der Waals surface area contributed by atoms with E-state index in [4.69, 9.17) is 4.74 Å². The number of unbranched alkanes of at least 4 members (excludes halogenated alkanes) is 1. The van der Waals surface area contributed by atoms with Crippen molar-refractivity contribution in [2.45, 2.75) is 52.1 Å². The van der Waals surface area contributed by atoms with Crippen LogP contribution in [0.15, 0.2) is 0 Å². The number of hydrogen-bond acceptors (Lipinski definition) is 4. The summed E-state index contributed by atoms with van der Waals surface area (Å²) in [6, 6.07) is 0.445. The van der Waals surface area contributed by atoms with Crippen molar-refractivity contribution in [1.82, 2.24) is 10.0 Å². The lowest BCUT2D eigenvalue weighted by molar-refractivity contribution is 0.141. The number of hydrogen-bond donors (Lipinski definition) is 2. The lowest BCUT2D eigenvalue weighted by Crippen LogP contribution is -2.47. The van der Waals surface area contributed by atoms with Gasteiger partial charge in [0.05, 0.1) is 17.9 Å². The molecule has 0 aliphatic carbocycles. The molecule has 0 aromatic heterocycles. The highest BCUT2D eigenvalue weighted by Crippen LogP contribution is 2.06. The highest BCUT2D eigenvalue weighted by Gasteiger charge is 2.24. The lowest BCUT2D eigenvalue weighted by Gasteiger charge is -2.24. The van der Waals surface area contributed by atoms with Gasteiger partial charge in [0.2, 0.25) is 10.0 Å². The minimum atomic E-state index is -3.22. The van der Waals surface area contributed by atoms with Gasteiger partial charge >= 0.3 is 0 Å². The zero-order valence-electron chi connectivity index (χ0n) is 12.2. The van der Waals surface area contributed by atoms with Crippen LogP contribution in [-0.4, -0.2) is 46.0 Å². The molecule has 0 aliphatic heterocycles. The van der Waals surface area contributed by atoms with E-state index in [1.165, 1.54) is 0 Å². The second-order valence-electron chi connectivity index (χ2n) is 5.55. The number of sulfonamides is 1. The van der Waals surface area contributed by atoms with Crippen molar-refractivity contribution >= 4 is 10.0 Å². The van der Waals surface area contributed by atoms with Crippen LogP contribution in [0, 0.1) is 0 Å². The van der Waals surface area contributed by atoms with Crippen LogP contribution < -0.4 is 10.0 Å². The lowest BCUT2D eigenvalue weighted by atomic mass is 10.1. The number of nitrogens with one attached hydrogen (secondary N) is 2. The van der Waals surface area contributed by atoms with Crippen LogP contribution in [0.25, 0.3) is 0 Å². The Labute approximate surface area is 112 Å². The van der Waals surface area contributed by atoms with Crippen molar-refractivity contribution in [2.24, 2.45) is 0 Å². The molecule has 0 saturated heterocycles. The van der Waals surface area contributed by atoms with Crippen molar-refractivity contribution in [3.63, 3.8) is 0 Å². The van der Waals surface area contributed by atoms with Gasteiger partial charge in [-0.25, -0.2) is 13.1 Å². The maximum Gasteiger partial charge on any atom is 0.212 e. The van der Waals surface area contributed by atoms with Crippen LogP contribution in [0.3, 0.4) is 0 Å². The van der Waals surface area contributed by atoms with Crippen LogP contribution in [0.5, 0.6) is 0 Å². The first-order valence-corrected chi connectivity index (χ1v) is 8.08. The van der Waals surface area contributed by atoms with E-state index in [9.17, 15) is 8.42 Å². The molecule has 0 spiro atoms. The average molecular weight is 280 g/mol. The van der Waals surface area contributed by atoms with Crippen LogP contribution >= 0.6 is 0 Å². The van der Waals surface area contributed by atoms with Gasteiger partial charge in [0.25, 0.3) is 0 Å². The summed E-state index contributed by atoms with van der Waals surface area (Å²) < 4.78 is 31.3. The zero-order valence-corrected chi connectivity index (χ0v) is 13.1. The average Bonchev–Trinajstić information content (AvgIpc) is 2.14. The molecule has 110 valence electrons. The standard InChI is InChI=1S/C12H28N2O3S/c1-11(2)13-8-6-7-9-18(15,16)14-12(3,4)10-17-5/h11,13-14H,6-10H2,1-5H3. The monoisotopic (exact) mass is 280 g/mol. The van der Waals surface area contributed by atoms with E-state index < -0.39 is 15.6 Å². The summed E-state index contributed by atoms with van der Waals surface area (Å²) >= 11 is 0. The molecule has 6 heteroatoms. The molecular formula is C12H28N2O3S. The smallest absolute Gasteiger partial charge is 0.212 e. The van der Waals surface area contributed by atoms with Crippen molar-refractivity contribution in [1.29, 1.82) is 0 Å². The summed E-state index contributed by atoms with van der Waals surface area (Å²) in [5.74, 6) is 0.167. The maximum absolute atomic E-state index is 11.8. The molecule has 0 amide bonds. The highest BCUT2D eigenvalue weighted by atomic mass is 32.2. The summed E-state index contributed by atoms with van der Waals surface area (Å²) in [6.45, 7) is 9.00. The van der Waals surface area contributed by atoms with Crippen LogP contribution in [-0.2, 0) is 14.8 Å². The Hall–Kier alpha value is -0.170. The Bertz CT molecular complexity index is 313. The predicted molar refractivity (Wildman–Crippen MR) is 75.3 cm³/mol. The second-order valence-corrected chi connectivity index (χ2v) is 7.40. The third-order valence-corrected chi connectivity index (χ3v) is 4.02. The molecule has 2 N–H and O–H groups in total. The maximum atomic E-state index is 11.8. The summed E-state index contributed by atoms with van der Waals surface area (Å²) in [7, 11) is -1.66. The molecule has 0 atom stereocenters. The van der Waals surface area contributed by atoms with Crippen LogP contribution in [0.4, 0.5) is 0 Å². The topological polar surface area (TPSA) is 67.4 Å². The molecule has 0 saturated carbocycles. The van der Waals surface area contributed by atoms with E-state index in [2.05, 4.69) is 23.9 Å². The fourth-order valence-corrected chi connectivity index (χ4v) is 3.26. The van der Waals surface area contributed by atoms with Crippen molar-refractivity contribution in [2.75, 3.05) is 26.0 Å². The number of rotatable bonds is 10. The fraction of sp³-hybridized carbons (Fsp3) is 1.00. The summed E-state index contributed by atoms with van der Waals surface area (Å²) in [6.07, 6.45) is 1.53.